The van der Waals surface area contributed by atoms with E-state index in [1.165, 1.54) is 5.56 Å². The maximum absolute atomic E-state index is 6.43. The molecule has 0 saturated heterocycles. The molecule has 0 aliphatic carbocycles. The Morgan fingerprint density at radius 1 is 0.697 bits per heavy atom. The van der Waals surface area contributed by atoms with E-state index in [1.54, 1.807) is 0 Å². The SMILES string of the molecule is C=CC[C@@H](C[C@@H](OCc1ccccc1)[C@@H](C=C)OCc1ccccc1)NCc1ccccc1. The van der Waals surface area contributed by atoms with Crippen LogP contribution in [0.25, 0.3) is 0 Å². The van der Waals surface area contributed by atoms with E-state index in [9.17, 15) is 0 Å². The maximum Gasteiger partial charge on any atom is 0.102 e. The summed E-state index contributed by atoms with van der Waals surface area (Å²) in [5.41, 5.74) is 3.54. The molecule has 0 saturated carbocycles. The molecular formula is C30H35NO2. The third-order valence-corrected chi connectivity index (χ3v) is 5.60. The summed E-state index contributed by atoms with van der Waals surface area (Å²) < 4.78 is 12.7. The van der Waals surface area contributed by atoms with Crippen molar-refractivity contribution >= 4 is 0 Å². The summed E-state index contributed by atoms with van der Waals surface area (Å²) in [6, 6.07) is 31.1. The first-order valence-corrected chi connectivity index (χ1v) is 11.6. The van der Waals surface area contributed by atoms with Crippen LogP contribution in [0.15, 0.2) is 116 Å². The maximum atomic E-state index is 6.43. The van der Waals surface area contributed by atoms with Crippen molar-refractivity contribution in [1.82, 2.24) is 5.32 Å². The molecule has 3 aromatic rings. The van der Waals surface area contributed by atoms with Crippen LogP contribution in [0.2, 0.25) is 0 Å². The molecule has 0 aliphatic rings. The standard InChI is InChI=1S/C30H35NO2/c1-3-14-28(31-22-25-15-8-5-9-16-25)21-30(33-24-27-19-12-7-13-20-27)29(4-2)32-23-26-17-10-6-11-18-26/h3-13,15-20,28-31H,1-2,14,21-24H2/t28-,29+,30+/m0/s1. The van der Waals surface area contributed by atoms with E-state index in [4.69, 9.17) is 9.47 Å². The molecular weight excluding hydrogens is 406 g/mol. The monoisotopic (exact) mass is 441 g/mol. The van der Waals surface area contributed by atoms with E-state index in [1.807, 2.05) is 54.6 Å². The fraction of sp³-hybridized carbons (Fsp3) is 0.267. The Kier molecular flexibility index (Phi) is 10.6. The second-order valence-electron chi connectivity index (χ2n) is 8.16. The van der Waals surface area contributed by atoms with Crippen molar-refractivity contribution in [3.05, 3.63) is 133 Å². The highest BCUT2D eigenvalue weighted by Gasteiger charge is 2.24. The molecule has 0 aliphatic heterocycles. The van der Waals surface area contributed by atoms with Crippen LogP contribution in [0, 0.1) is 0 Å². The Bertz CT molecular complexity index is 927. The van der Waals surface area contributed by atoms with Crippen LogP contribution in [0.1, 0.15) is 29.5 Å². The van der Waals surface area contributed by atoms with Gasteiger partial charge in [-0.05, 0) is 29.5 Å². The number of nitrogens with one attached hydrogen (secondary N) is 1. The van der Waals surface area contributed by atoms with Gasteiger partial charge in [0.1, 0.15) is 6.10 Å². The minimum absolute atomic E-state index is 0.139. The summed E-state index contributed by atoms with van der Waals surface area (Å²) in [5, 5.41) is 3.68. The summed E-state index contributed by atoms with van der Waals surface area (Å²) in [5.74, 6) is 0. The lowest BCUT2D eigenvalue weighted by Gasteiger charge is -2.29. The molecule has 3 atom stereocenters. The Morgan fingerprint density at radius 3 is 1.73 bits per heavy atom. The van der Waals surface area contributed by atoms with Crippen LogP contribution in [0.5, 0.6) is 0 Å². The van der Waals surface area contributed by atoms with Gasteiger partial charge < -0.3 is 14.8 Å². The van der Waals surface area contributed by atoms with Gasteiger partial charge in [-0.15, -0.1) is 13.2 Å². The number of benzene rings is 3. The van der Waals surface area contributed by atoms with Crippen molar-refractivity contribution in [2.24, 2.45) is 0 Å². The lowest BCUT2D eigenvalue weighted by atomic mass is 10.0. The Balaban J connectivity index is 1.68. The zero-order valence-electron chi connectivity index (χ0n) is 19.3. The van der Waals surface area contributed by atoms with E-state index >= 15 is 0 Å². The van der Waals surface area contributed by atoms with Gasteiger partial charge in [0.2, 0.25) is 0 Å². The third kappa shape index (κ3) is 8.82. The fourth-order valence-electron chi connectivity index (χ4n) is 3.77. The van der Waals surface area contributed by atoms with Gasteiger partial charge in [0.25, 0.3) is 0 Å². The molecule has 33 heavy (non-hydrogen) atoms. The van der Waals surface area contributed by atoms with E-state index in [0.717, 1.165) is 30.5 Å². The van der Waals surface area contributed by atoms with E-state index in [-0.39, 0.29) is 18.2 Å². The number of hydrogen-bond acceptors (Lipinski definition) is 3. The van der Waals surface area contributed by atoms with E-state index < -0.39 is 0 Å². The summed E-state index contributed by atoms with van der Waals surface area (Å²) in [7, 11) is 0. The topological polar surface area (TPSA) is 30.5 Å². The lowest BCUT2D eigenvalue weighted by Crippen LogP contribution is -2.38. The van der Waals surface area contributed by atoms with Gasteiger partial charge in [0, 0.05) is 12.6 Å². The smallest absolute Gasteiger partial charge is 0.102 e. The highest BCUT2D eigenvalue weighted by molar-refractivity contribution is 5.16. The quantitative estimate of drug-likeness (QED) is 0.274. The summed E-state index contributed by atoms with van der Waals surface area (Å²) in [4.78, 5) is 0. The predicted octanol–water partition coefficient (Wildman–Crippen LogP) is 6.47. The minimum Gasteiger partial charge on any atom is -0.370 e. The molecule has 0 amide bonds. The van der Waals surface area contributed by atoms with Crippen molar-refractivity contribution in [3.63, 3.8) is 0 Å². The Morgan fingerprint density at radius 2 is 1.21 bits per heavy atom. The molecule has 172 valence electrons. The van der Waals surface area contributed by atoms with E-state index in [2.05, 4.69) is 67.0 Å². The van der Waals surface area contributed by atoms with Gasteiger partial charge in [-0.25, -0.2) is 0 Å². The Labute approximate surface area is 198 Å². The largest absolute Gasteiger partial charge is 0.370 e. The van der Waals surface area contributed by atoms with E-state index in [0.29, 0.717) is 13.2 Å². The average molecular weight is 442 g/mol. The number of hydrogen-bond donors (Lipinski definition) is 1. The van der Waals surface area contributed by atoms with Crippen molar-refractivity contribution in [3.8, 4) is 0 Å². The van der Waals surface area contributed by atoms with Crippen LogP contribution in [0.4, 0.5) is 0 Å². The van der Waals surface area contributed by atoms with Crippen molar-refractivity contribution in [2.75, 3.05) is 0 Å². The van der Waals surface area contributed by atoms with Crippen molar-refractivity contribution in [2.45, 2.75) is 50.8 Å². The second kappa shape index (κ2) is 14.2. The molecule has 0 aromatic heterocycles. The summed E-state index contributed by atoms with van der Waals surface area (Å²) in [6.07, 6.45) is 5.10. The van der Waals surface area contributed by atoms with Crippen LogP contribution >= 0.6 is 0 Å². The average Bonchev–Trinajstić information content (AvgIpc) is 2.88. The molecule has 0 spiro atoms. The first kappa shape index (κ1) is 24.7. The Hall–Kier alpha value is -2.98. The van der Waals surface area contributed by atoms with Gasteiger partial charge >= 0.3 is 0 Å². The molecule has 3 heteroatoms. The normalized spacial score (nSPS) is 13.7. The minimum atomic E-state index is -0.222. The molecule has 0 heterocycles. The van der Waals surface area contributed by atoms with Crippen LogP contribution < -0.4 is 5.32 Å². The first-order valence-electron chi connectivity index (χ1n) is 11.6. The molecule has 0 fully saturated rings. The fourth-order valence-corrected chi connectivity index (χ4v) is 3.77. The molecule has 0 radical (unpaired) electrons. The molecule has 0 unspecified atom stereocenters. The molecule has 0 bridgehead atoms. The molecule has 3 rings (SSSR count). The van der Waals surface area contributed by atoms with Gasteiger partial charge in [0.15, 0.2) is 0 Å². The van der Waals surface area contributed by atoms with Crippen LogP contribution in [0.3, 0.4) is 0 Å². The molecule has 3 aromatic carbocycles. The third-order valence-electron chi connectivity index (χ3n) is 5.60. The summed E-state index contributed by atoms with van der Waals surface area (Å²) >= 11 is 0. The predicted molar refractivity (Wildman–Crippen MR) is 137 cm³/mol. The van der Waals surface area contributed by atoms with Crippen molar-refractivity contribution in [1.29, 1.82) is 0 Å². The van der Waals surface area contributed by atoms with Gasteiger partial charge in [0.05, 0.1) is 19.3 Å². The summed E-state index contributed by atoms with van der Waals surface area (Å²) in [6.45, 7) is 9.87. The van der Waals surface area contributed by atoms with Crippen LogP contribution in [-0.4, -0.2) is 18.2 Å². The van der Waals surface area contributed by atoms with Gasteiger partial charge in [-0.2, -0.15) is 0 Å². The highest BCUT2D eigenvalue weighted by atomic mass is 16.5. The number of ether oxygens (including phenoxy) is 2. The molecule has 1 N–H and O–H groups in total. The van der Waals surface area contributed by atoms with Gasteiger partial charge in [-0.3, -0.25) is 0 Å². The highest BCUT2D eigenvalue weighted by Crippen LogP contribution is 2.19. The second-order valence-corrected chi connectivity index (χ2v) is 8.16. The zero-order chi connectivity index (χ0) is 23.1. The zero-order valence-corrected chi connectivity index (χ0v) is 19.3. The van der Waals surface area contributed by atoms with Gasteiger partial charge in [-0.1, -0.05) is 103 Å². The molecule has 3 nitrogen and oxygen atoms in total. The first-order chi connectivity index (χ1) is 16.3. The lowest BCUT2D eigenvalue weighted by molar-refractivity contribution is -0.0712. The van der Waals surface area contributed by atoms with Crippen molar-refractivity contribution < 1.29 is 9.47 Å². The van der Waals surface area contributed by atoms with Crippen LogP contribution in [-0.2, 0) is 29.2 Å². The number of rotatable bonds is 15.